The molecule has 0 saturated heterocycles. The summed E-state index contributed by atoms with van der Waals surface area (Å²) in [4.78, 5) is 11.2. The second-order valence-electron chi connectivity index (χ2n) is 3.55. The van der Waals surface area contributed by atoms with Crippen LogP contribution in [0.5, 0.6) is 0 Å². The zero-order valence-corrected chi connectivity index (χ0v) is 8.66. The molecule has 1 aromatic rings. The van der Waals surface area contributed by atoms with E-state index in [1.807, 2.05) is 0 Å². The number of benzene rings is 1. The lowest BCUT2D eigenvalue weighted by Gasteiger charge is -2.07. The van der Waals surface area contributed by atoms with E-state index in [1.165, 1.54) is 6.07 Å². The van der Waals surface area contributed by atoms with Gasteiger partial charge in [0.15, 0.2) is 0 Å². The van der Waals surface area contributed by atoms with E-state index in [9.17, 15) is 9.18 Å². The molecule has 3 N–H and O–H groups in total. The van der Waals surface area contributed by atoms with E-state index in [0.29, 0.717) is 5.56 Å². The normalized spacial score (nSPS) is 12.2. The highest BCUT2D eigenvalue weighted by molar-refractivity contribution is 5.76. The standard InChI is InChI=1S/C11H15FN2O/c1-8(13)6-11(15)14-7-9-4-2-3-5-10(9)12/h2-5,8H,6-7,13H2,1H3,(H,14,15). The molecule has 82 valence electrons. The van der Waals surface area contributed by atoms with Gasteiger partial charge in [-0.15, -0.1) is 0 Å². The molecular weight excluding hydrogens is 195 g/mol. The van der Waals surface area contributed by atoms with Crippen molar-refractivity contribution in [3.05, 3.63) is 35.6 Å². The summed E-state index contributed by atoms with van der Waals surface area (Å²) in [6.45, 7) is 1.96. The largest absolute Gasteiger partial charge is 0.352 e. The summed E-state index contributed by atoms with van der Waals surface area (Å²) in [5, 5.41) is 2.61. The van der Waals surface area contributed by atoms with Crippen molar-refractivity contribution in [3.63, 3.8) is 0 Å². The number of rotatable bonds is 4. The van der Waals surface area contributed by atoms with Crippen LogP contribution in [0.3, 0.4) is 0 Å². The first-order valence-electron chi connectivity index (χ1n) is 4.85. The van der Waals surface area contributed by atoms with Crippen LogP contribution in [0.15, 0.2) is 24.3 Å². The third-order valence-electron chi connectivity index (χ3n) is 1.94. The zero-order valence-electron chi connectivity index (χ0n) is 8.66. The Balaban J connectivity index is 2.44. The molecule has 1 amide bonds. The average Bonchev–Trinajstić information content (AvgIpc) is 2.15. The van der Waals surface area contributed by atoms with Crippen LogP contribution >= 0.6 is 0 Å². The van der Waals surface area contributed by atoms with Crippen LogP contribution in [0.2, 0.25) is 0 Å². The first-order chi connectivity index (χ1) is 7.09. The fourth-order valence-electron chi connectivity index (χ4n) is 1.20. The summed E-state index contributed by atoms with van der Waals surface area (Å²) < 4.78 is 13.1. The van der Waals surface area contributed by atoms with Crippen LogP contribution in [0, 0.1) is 5.82 Å². The number of carbonyl (C=O) groups excluding carboxylic acids is 1. The van der Waals surface area contributed by atoms with Crippen molar-refractivity contribution in [2.24, 2.45) is 5.73 Å². The summed E-state index contributed by atoms with van der Waals surface area (Å²) in [6, 6.07) is 6.18. The summed E-state index contributed by atoms with van der Waals surface area (Å²) in [5.74, 6) is -0.466. The van der Waals surface area contributed by atoms with Gasteiger partial charge in [-0.25, -0.2) is 4.39 Å². The van der Waals surface area contributed by atoms with Crippen LogP contribution in [0.1, 0.15) is 18.9 Å². The highest BCUT2D eigenvalue weighted by Gasteiger charge is 2.06. The lowest BCUT2D eigenvalue weighted by Crippen LogP contribution is -2.29. The van der Waals surface area contributed by atoms with Crippen molar-refractivity contribution in [1.82, 2.24) is 5.32 Å². The molecule has 0 spiro atoms. The molecule has 0 fully saturated rings. The molecule has 1 unspecified atom stereocenters. The first-order valence-corrected chi connectivity index (χ1v) is 4.85. The van der Waals surface area contributed by atoms with E-state index in [4.69, 9.17) is 5.73 Å². The summed E-state index contributed by atoms with van der Waals surface area (Å²) >= 11 is 0. The number of carbonyl (C=O) groups is 1. The fraction of sp³-hybridized carbons (Fsp3) is 0.364. The highest BCUT2D eigenvalue weighted by atomic mass is 19.1. The lowest BCUT2D eigenvalue weighted by molar-refractivity contribution is -0.121. The van der Waals surface area contributed by atoms with Gasteiger partial charge in [0.25, 0.3) is 0 Å². The zero-order chi connectivity index (χ0) is 11.3. The van der Waals surface area contributed by atoms with Crippen molar-refractivity contribution in [2.45, 2.75) is 25.9 Å². The van der Waals surface area contributed by atoms with Gasteiger partial charge in [-0.1, -0.05) is 18.2 Å². The minimum atomic E-state index is -0.307. The maximum atomic E-state index is 13.1. The third-order valence-corrected chi connectivity index (χ3v) is 1.94. The SMILES string of the molecule is CC(N)CC(=O)NCc1ccccc1F. The van der Waals surface area contributed by atoms with E-state index >= 15 is 0 Å². The van der Waals surface area contributed by atoms with Crippen molar-refractivity contribution in [1.29, 1.82) is 0 Å². The molecule has 3 nitrogen and oxygen atoms in total. The van der Waals surface area contributed by atoms with E-state index in [1.54, 1.807) is 25.1 Å². The van der Waals surface area contributed by atoms with Gasteiger partial charge in [-0.3, -0.25) is 4.79 Å². The predicted octanol–water partition coefficient (Wildman–Crippen LogP) is 1.18. The molecule has 0 saturated carbocycles. The Kier molecular flexibility index (Phi) is 4.24. The number of nitrogens with one attached hydrogen (secondary N) is 1. The smallest absolute Gasteiger partial charge is 0.221 e. The molecule has 0 aliphatic carbocycles. The number of hydrogen-bond donors (Lipinski definition) is 2. The molecule has 1 aromatic carbocycles. The number of hydrogen-bond acceptors (Lipinski definition) is 2. The maximum absolute atomic E-state index is 13.1. The van der Waals surface area contributed by atoms with Crippen molar-refractivity contribution in [2.75, 3.05) is 0 Å². The van der Waals surface area contributed by atoms with Gasteiger partial charge in [-0.05, 0) is 13.0 Å². The van der Waals surface area contributed by atoms with Gasteiger partial charge in [-0.2, -0.15) is 0 Å². The quantitative estimate of drug-likeness (QED) is 0.784. The van der Waals surface area contributed by atoms with Gasteiger partial charge in [0.05, 0.1) is 0 Å². The topological polar surface area (TPSA) is 55.1 Å². The molecular formula is C11H15FN2O. The van der Waals surface area contributed by atoms with Gasteiger partial charge in [0.2, 0.25) is 5.91 Å². The van der Waals surface area contributed by atoms with Crippen molar-refractivity contribution >= 4 is 5.91 Å². The Morgan fingerprint density at radius 3 is 2.80 bits per heavy atom. The average molecular weight is 210 g/mol. The minimum Gasteiger partial charge on any atom is -0.352 e. The second-order valence-corrected chi connectivity index (χ2v) is 3.55. The fourth-order valence-corrected chi connectivity index (χ4v) is 1.20. The number of halogens is 1. The Morgan fingerprint density at radius 1 is 1.53 bits per heavy atom. The van der Waals surface area contributed by atoms with Gasteiger partial charge in [0.1, 0.15) is 5.82 Å². The molecule has 0 aliphatic rings. The molecule has 1 atom stereocenters. The van der Waals surface area contributed by atoms with Gasteiger partial charge >= 0.3 is 0 Å². The van der Waals surface area contributed by atoms with Crippen LogP contribution in [0.25, 0.3) is 0 Å². The monoisotopic (exact) mass is 210 g/mol. The molecule has 0 bridgehead atoms. The molecule has 4 heteroatoms. The van der Waals surface area contributed by atoms with E-state index in [-0.39, 0.29) is 30.7 Å². The molecule has 1 rings (SSSR count). The predicted molar refractivity (Wildman–Crippen MR) is 56.5 cm³/mol. The van der Waals surface area contributed by atoms with Gasteiger partial charge in [0, 0.05) is 24.6 Å². The van der Waals surface area contributed by atoms with Crippen LogP contribution < -0.4 is 11.1 Å². The number of amides is 1. The van der Waals surface area contributed by atoms with E-state index in [0.717, 1.165) is 0 Å². The van der Waals surface area contributed by atoms with E-state index in [2.05, 4.69) is 5.32 Å². The molecule has 0 heterocycles. The molecule has 15 heavy (non-hydrogen) atoms. The molecule has 0 radical (unpaired) electrons. The Hall–Kier alpha value is -1.42. The van der Waals surface area contributed by atoms with Gasteiger partial charge < -0.3 is 11.1 Å². The Labute approximate surface area is 88.5 Å². The molecule has 0 aromatic heterocycles. The Morgan fingerprint density at radius 2 is 2.20 bits per heavy atom. The van der Waals surface area contributed by atoms with Crippen LogP contribution in [0.4, 0.5) is 4.39 Å². The molecule has 0 aliphatic heterocycles. The van der Waals surface area contributed by atoms with Crippen LogP contribution in [-0.4, -0.2) is 11.9 Å². The van der Waals surface area contributed by atoms with Crippen molar-refractivity contribution < 1.29 is 9.18 Å². The Bertz CT molecular complexity index is 339. The summed E-state index contributed by atoms with van der Waals surface area (Å²) in [6.07, 6.45) is 0.258. The maximum Gasteiger partial charge on any atom is 0.221 e. The number of nitrogens with two attached hydrogens (primary N) is 1. The van der Waals surface area contributed by atoms with E-state index < -0.39 is 0 Å². The highest BCUT2D eigenvalue weighted by Crippen LogP contribution is 2.05. The minimum absolute atomic E-state index is 0.159. The second kappa shape index (κ2) is 5.46. The third kappa shape index (κ3) is 4.08. The van der Waals surface area contributed by atoms with Crippen LogP contribution in [-0.2, 0) is 11.3 Å². The van der Waals surface area contributed by atoms with Crippen molar-refractivity contribution in [3.8, 4) is 0 Å². The lowest BCUT2D eigenvalue weighted by atomic mass is 10.2. The first kappa shape index (κ1) is 11.7. The summed E-state index contributed by atoms with van der Waals surface area (Å²) in [7, 11) is 0. The summed E-state index contributed by atoms with van der Waals surface area (Å²) in [5.41, 5.74) is 5.94.